The Morgan fingerprint density at radius 2 is 1.96 bits per heavy atom. The minimum atomic E-state index is -4.65. The summed E-state index contributed by atoms with van der Waals surface area (Å²) in [6.45, 7) is 0. The van der Waals surface area contributed by atoms with Gasteiger partial charge in [0.15, 0.2) is 5.75 Å². The van der Waals surface area contributed by atoms with E-state index in [2.05, 4.69) is 21.1 Å². The first kappa shape index (κ1) is 17.3. The predicted molar refractivity (Wildman–Crippen MR) is 93.5 cm³/mol. The van der Waals surface area contributed by atoms with Gasteiger partial charge in [-0.05, 0) is 26.0 Å². The van der Waals surface area contributed by atoms with E-state index in [0.29, 0.717) is 28.6 Å². The van der Waals surface area contributed by atoms with Crippen LogP contribution in [0.1, 0.15) is 36.0 Å². The van der Waals surface area contributed by atoms with Crippen LogP contribution < -0.4 is 4.18 Å². The number of nitrogens with one attached hydrogen (secondary N) is 1. The Bertz CT molecular complexity index is 939. The Kier molecular flexibility index (Phi) is 4.17. The molecule has 26 heavy (non-hydrogen) atoms. The van der Waals surface area contributed by atoms with Crippen molar-refractivity contribution in [3.63, 3.8) is 0 Å². The van der Waals surface area contributed by atoms with Crippen molar-refractivity contribution in [2.24, 2.45) is 0 Å². The molecule has 3 heterocycles. The van der Waals surface area contributed by atoms with E-state index in [1.807, 2.05) is 0 Å². The summed E-state index contributed by atoms with van der Waals surface area (Å²) in [5.74, 6) is -0.532. The molecule has 0 saturated carbocycles. The molecule has 2 aromatic rings. The van der Waals surface area contributed by atoms with E-state index in [1.54, 1.807) is 12.1 Å². The van der Waals surface area contributed by atoms with Gasteiger partial charge >= 0.3 is 16.4 Å². The lowest BCUT2D eigenvalue weighted by molar-refractivity contribution is -0.000263. The Morgan fingerprint density at radius 3 is 2.62 bits per heavy atom. The lowest BCUT2D eigenvalue weighted by Crippen LogP contribution is -2.43. The van der Waals surface area contributed by atoms with Crippen LogP contribution in [0.5, 0.6) is 5.75 Å². The molecule has 0 radical (unpaired) electrons. The smallest absolute Gasteiger partial charge is 0.446 e. The molecule has 1 aromatic heterocycles. The maximum atomic E-state index is 12.6. The minimum absolute atomic E-state index is 0.0821. The van der Waals surface area contributed by atoms with Crippen LogP contribution in [0, 0.1) is 0 Å². The van der Waals surface area contributed by atoms with E-state index in [4.69, 9.17) is 9.29 Å². The van der Waals surface area contributed by atoms with Gasteiger partial charge in [0.05, 0.1) is 11.1 Å². The molecule has 140 valence electrons. The molecule has 2 bridgehead atoms. The molecule has 1 unspecified atom stereocenters. The molecular weight excluding hydrogens is 360 g/mol. The van der Waals surface area contributed by atoms with E-state index < -0.39 is 16.4 Å². The fourth-order valence-electron chi connectivity index (χ4n) is 4.15. The molecular formula is C17H20N2O6S. The zero-order valence-electron chi connectivity index (χ0n) is 14.2. The Morgan fingerprint density at radius 1 is 1.27 bits per heavy atom. The van der Waals surface area contributed by atoms with E-state index in [-0.39, 0.29) is 11.9 Å². The van der Waals surface area contributed by atoms with Crippen molar-refractivity contribution in [2.75, 3.05) is 7.05 Å². The number of carbonyl (C=O) groups excluding carboxylic acids is 1. The topological polar surface area (TPSA) is 109 Å². The highest BCUT2D eigenvalue weighted by atomic mass is 32.3. The third-order valence-corrected chi connectivity index (χ3v) is 5.81. The fraction of sp³-hybridized carbons (Fsp3) is 0.471. The molecule has 2 fully saturated rings. The van der Waals surface area contributed by atoms with Gasteiger partial charge in [-0.25, -0.2) is 4.79 Å². The molecule has 0 aliphatic carbocycles. The summed E-state index contributed by atoms with van der Waals surface area (Å²) in [5.41, 5.74) is 0.618. The Hall–Kier alpha value is -2.10. The number of esters is 1. The monoisotopic (exact) mass is 380 g/mol. The molecule has 8 nitrogen and oxygen atoms in total. The second kappa shape index (κ2) is 6.26. The van der Waals surface area contributed by atoms with Crippen LogP contribution in [0.2, 0.25) is 0 Å². The molecule has 0 spiro atoms. The summed E-state index contributed by atoms with van der Waals surface area (Å²) in [6.07, 6.45) is 5.29. The number of hydrogen-bond donors (Lipinski definition) is 2. The van der Waals surface area contributed by atoms with Gasteiger partial charge in [-0.2, -0.15) is 8.42 Å². The summed E-state index contributed by atoms with van der Waals surface area (Å²) in [4.78, 5) is 17.8. The number of rotatable bonds is 4. The van der Waals surface area contributed by atoms with Crippen molar-refractivity contribution < 1.29 is 26.7 Å². The molecule has 4 rings (SSSR count). The normalized spacial score (nSPS) is 26.2. The molecule has 2 aliphatic rings. The van der Waals surface area contributed by atoms with E-state index in [9.17, 15) is 13.2 Å². The molecule has 9 heteroatoms. The highest BCUT2D eigenvalue weighted by Gasteiger charge is 2.40. The van der Waals surface area contributed by atoms with Gasteiger partial charge in [0, 0.05) is 36.5 Å². The van der Waals surface area contributed by atoms with Gasteiger partial charge in [0.2, 0.25) is 0 Å². The quantitative estimate of drug-likeness (QED) is 0.618. The number of H-pyrrole nitrogens is 1. The van der Waals surface area contributed by atoms with E-state index in [1.165, 1.54) is 12.3 Å². The van der Waals surface area contributed by atoms with Gasteiger partial charge < -0.3 is 18.8 Å². The van der Waals surface area contributed by atoms with Crippen molar-refractivity contribution >= 4 is 27.3 Å². The van der Waals surface area contributed by atoms with Crippen LogP contribution in [0.15, 0.2) is 24.4 Å². The van der Waals surface area contributed by atoms with Crippen LogP contribution in [0.3, 0.4) is 0 Å². The maximum absolute atomic E-state index is 12.6. The van der Waals surface area contributed by atoms with Crippen molar-refractivity contribution in [1.29, 1.82) is 0 Å². The number of hydrogen-bond acceptors (Lipinski definition) is 6. The summed E-state index contributed by atoms with van der Waals surface area (Å²) in [5, 5.41) is 0.479. The molecule has 2 N–H and O–H groups in total. The number of para-hydroxylation sites is 1. The summed E-state index contributed by atoms with van der Waals surface area (Å²) in [6, 6.07) is 5.52. The van der Waals surface area contributed by atoms with E-state index in [0.717, 1.165) is 25.7 Å². The first-order chi connectivity index (χ1) is 12.3. The van der Waals surface area contributed by atoms with Gasteiger partial charge in [0.25, 0.3) is 0 Å². The standard InChI is InChI=1S/C17H20N2O6S/c1-19-10-5-6-11(19)8-12(7-10)24-17(20)14-9-18-16-13(14)3-2-4-15(16)25-26(21,22)23/h2-4,9-12,18H,5-8H2,1H3,(H,21,22,23)/t10-,11+,12?. The SMILES string of the molecule is CN1[C@@H]2CC[C@H]1CC(OC(=O)c1c[nH]c3c(OS(=O)(=O)O)cccc13)C2. The number of benzene rings is 1. The van der Waals surface area contributed by atoms with Crippen LogP contribution in [-0.4, -0.2) is 54.1 Å². The number of carbonyl (C=O) groups is 1. The average Bonchev–Trinajstić information content (AvgIpc) is 3.05. The van der Waals surface area contributed by atoms with Crippen LogP contribution in [0.4, 0.5) is 0 Å². The molecule has 2 saturated heterocycles. The molecule has 3 atom stereocenters. The predicted octanol–water partition coefficient (Wildman–Crippen LogP) is 2.13. The number of aromatic nitrogens is 1. The number of fused-ring (bicyclic) bond motifs is 3. The van der Waals surface area contributed by atoms with Crippen molar-refractivity contribution in [2.45, 2.75) is 43.9 Å². The van der Waals surface area contributed by atoms with Crippen molar-refractivity contribution in [3.8, 4) is 5.75 Å². The van der Waals surface area contributed by atoms with Crippen molar-refractivity contribution in [3.05, 3.63) is 30.0 Å². The van der Waals surface area contributed by atoms with Crippen LogP contribution >= 0.6 is 0 Å². The summed E-state index contributed by atoms with van der Waals surface area (Å²) < 4.78 is 41.1. The van der Waals surface area contributed by atoms with Crippen LogP contribution in [0.25, 0.3) is 10.9 Å². The van der Waals surface area contributed by atoms with Gasteiger partial charge in [-0.3, -0.25) is 4.55 Å². The minimum Gasteiger partial charge on any atom is -0.459 e. The number of ether oxygens (including phenoxy) is 1. The zero-order chi connectivity index (χ0) is 18.5. The third kappa shape index (κ3) is 3.17. The second-order valence-corrected chi connectivity index (χ2v) is 7.96. The second-order valence-electron chi connectivity index (χ2n) is 6.94. The number of aromatic amines is 1. The highest BCUT2D eigenvalue weighted by Crippen LogP contribution is 2.36. The van der Waals surface area contributed by atoms with Crippen molar-refractivity contribution in [1.82, 2.24) is 9.88 Å². The highest BCUT2D eigenvalue weighted by molar-refractivity contribution is 7.81. The van der Waals surface area contributed by atoms with Gasteiger partial charge in [-0.1, -0.05) is 12.1 Å². The van der Waals surface area contributed by atoms with Gasteiger partial charge in [-0.15, -0.1) is 0 Å². The Labute approximate surface area is 151 Å². The van der Waals surface area contributed by atoms with E-state index >= 15 is 0 Å². The third-order valence-electron chi connectivity index (χ3n) is 5.42. The van der Waals surface area contributed by atoms with Crippen LogP contribution in [-0.2, 0) is 15.1 Å². The maximum Gasteiger partial charge on any atom is 0.446 e. The summed E-state index contributed by atoms with van der Waals surface area (Å²) in [7, 11) is -2.53. The summed E-state index contributed by atoms with van der Waals surface area (Å²) >= 11 is 0. The first-order valence-corrected chi connectivity index (χ1v) is 9.88. The number of piperidine rings is 1. The molecule has 1 aromatic carbocycles. The average molecular weight is 380 g/mol. The lowest BCUT2D eigenvalue weighted by atomic mass is 10.0. The molecule has 0 amide bonds. The largest absolute Gasteiger partial charge is 0.459 e. The molecule has 2 aliphatic heterocycles. The number of nitrogens with zero attached hydrogens (tertiary/aromatic N) is 1. The lowest BCUT2D eigenvalue weighted by Gasteiger charge is -2.35. The fourth-order valence-corrected chi connectivity index (χ4v) is 4.52. The first-order valence-electron chi connectivity index (χ1n) is 8.52. The Balaban J connectivity index is 1.55. The van der Waals surface area contributed by atoms with Gasteiger partial charge in [0.1, 0.15) is 6.10 Å². The zero-order valence-corrected chi connectivity index (χ0v) is 15.0.